The fourth-order valence-electron chi connectivity index (χ4n) is 2.70. The summed E-state index contributed by atoms with van der Waals surface area (Å²) < 4.78 is 19.4. The van der Waals surface area contributed by atoms with Gasteiger partial charge in [0.2, 0.25) is 5.91 Å². The van der Waals surface area contributed by atoms with E-state index in [4.69, 9.17) is 4.42 Å². The Balaban J connectivity index is 1.68. The van der Waals surface area contributed by atoms with E-state index in [1.165, 1.54) is 6.07 Å². The van der Waals surface area contributed by atoms with E-state index in [0.717, 1.165) is 29.4 Å². The molecule has 1 heterocycles. The maximum atomic E-state index is 13.9. The number of carbonyl (C=O) groups is 1. The van der Waals surface area contributed by atoms with Crippen LogP contribution in [0.1, 0.15) is 38.7 Å². The second-order valence-electron chi connectivity index (χ2n) is 6.50. The van der Waals surface area contributed by atoms with Crippen LogP contribution in [-0.4, -0.2) is 21.4 Å². The maximum Gasteiger partial charge on any atom is 0.277 e. The lowest BCUT2D eigenvalue weighted by Gasteiger charge is -2.17. The second kappa shape index (κ2) is 9.01. The van der Waals surface area contributed by atoms with Gasteiger partial charge in [0.15, 0.2) is 0 Å². The molecule has 0 radical (unpaired) electrons. The third-order valence-electron chi connectivity index (χ3n) is 4.52. The lowest BCUT2D eigenvalue weighted by molar-refractivity contribution is -0.115. The van der Waals surface area contributed by atoms with Crippen molar-refractivity contribution in [2.75, 3.05) is 5.32 Å². The summed E-state index contributed by atoms with van der Waals surface area (Å²) in [5.41, 5.74) is 2.16. The molecule has 146 valence electrons. The van der Waals surface area contributed by atoms with Gasteiger partial charge in [0.05, 0.1) is 10.8 Å². The molecular formula is C21H22FN3O2S. The number of benzene rings is 2. The zero-order valence-electron chi connectivity index (χ0n) is 16.0. The minimum atomic E-state index is -0.459. The molecule has 1 N–H and O–H groups in total. The van der Waals surface area contributed by atoms with Gasteiger partial charge in [-0.3, -0.25) is 4.79 Å². The summed E-state index contributed by atoms with van der Waals surface area (Å²) in [4.78, 5) is 12.6. The fraction of sp³-hybridized carbons (Fsp3) is 0.286. The van der Waals surface area contributed by atoms with E-state index in [9.17, 15) is 9.18 Å². The van der Waals surface area contributed by atoms with Crippen molar-refractivity contribution in [2.24, 2.45) is 0 Å². The monoisotopic (exact) mass is 399 g/mol. The number of para-hydroxylation sites is 1. The molecule has 2 aromatic carbocycles. The van der Waals surface area contributed by atoms with Crippen molar-refractivity contribution in [3.05, 3.63) is 59.9 Å². The van der Waals surface area contributed by atoms with Crippen LogP contribution in [0.2, 0.25) is 0 Å². The van der Waals surface area contributed by atoms with E-state index < -0.39 is 11.1 Å². The quantitative estimate of drug-likeness (QED) is 0.531. The third kappa shape index (κ3) is 4.59. The molecule has 1 amide bonds. The van der Waals surface area contributed by atoms with Gasteiger partial charge in [-0.1, -0.05) is 55.9 Å². The van der Waals surface area contributed by atoms with Crippen LogP contribution >= 0.6 is 11.8 Å². The predicted octanol–water partition coefficient (Wildman–Crippen LogP) is 5.51. The molecule has 0 bridgehead atoms. The predicted molar refractivity (Wildman–Crippen MR) is 109 cm³/mol. The second-order valence-corrected chi connectivity index (χ2v) is 7.79. The molecule has 1 aromatic heterocycles. The van der Waals surface area contributed by atoms with E-state index in [1.54, 1.807) is 25.1 Å². The van der Waals surface area contributed by atoms with Crippen LogP contribution in [0.5, 0.6) is 0 Å². The summed E-state index contributed by atoms with van der Waals surface area (Å²) in [6.45, 7) is 6.01. The standard InChI is InChI=1S/C21H22FN3O2S/c1-4-13(2)15-9-6-8-12-18(15)23-19(26)14(3)28-21-25-24-20(27-21)16-10-5-7-11-17(16)22/h5-14H,4H2,1-3H3,(H,23,26)/t13-,14-/m0/s1. The topological polar surface area (TPSA) is 68.0 Å². The molecular weight excluding hydrogens is 377 g/mol. The SMILES string of the molecule is CC[C@H](C)c1ccccc1NC(=O)[C@H](C)Sc1nnc(-c2ccccc2F)o1. The summed E-state index contributed by atoms with van der Waals surface area (Å²) in [7, 11) is 0. The van der Waals surface area contributed by atoms with Crippen LogP contribution < -0.4 is 5.32 Å². The average Bonchev–Trinajstić information content (AvgIpc) is 3.16. The molecule has 2 atom stereocenters. The highest BCUT2D eigenvalue weighted by Crippen LogP contribution is 2.30. The number of nitrogens with one attached hydrogen (secondary N) is 1. The highest BCUT2D eigenvalue weighted by Gasteiger charge is 2.21. The van der Waals surface area contributed by atoms with Crippen molar-refractivity contribution in [1.82, 2.24) is 10.2 Å². The van der Waals surface area contributed by atoms with Crippen molar-refractivity contribution in [2.45, 2.75) is 43.6 Å². The average molecular weight is 399 g/mol. The first-order chi connectivity index (χ1) is 13.5. The van der Waals surface area contributed by atoms with Gasteiger partial charge in [0.1, 0.15) is 5.82 Å². The number of hydrogen-bond donors (Lipinski definition) is 1. The zero-order valence-corrected chi connectivity index (χ0v) is 16.8. The van der Waals surface area contributed by atoms with Gasteiger partial charge in [0.25, 0.3) is 11.1 Å². The van der Waals surface area contributed by atoms with Crippen molar-refractivity contribution in [1.29, 1.82) is 0 Å². The minimum Gasteiger partial charge on any atom is -0.411 e. The maximum absolute atomic E-state index is 13.9. The highest BCUT2D eigenvalue weighted by atomic mass is 32.2. The van der Waals surface area contributed by atoms with Crippen LogP contribution in [0.3, 0.4) is 0 Å². The number of aromatic nitrogens is 2. The van der Waals surface area contributed by atoms with Crippen molar-refractivity contribution in [3.8, 4) is 11.5 Å². The summed E-state index contributed by atoms with van der Waals surface area (Å²) >= 11 is 1.14. The first-order valence-corrected chi connectivity index (χ1v) is 10.0. The third-order valence-corrected chi connectivity index (χ3v) is 5.45. The van der Waals surface area contributed by atoms with E-state index in [2.05, 4.69) is 29.4 Å². The molecule has 0 saturated heterocycles. The summed E-state index contributed by atoms with van der Waals surface area (Å²) in [5, 5.41) is 10.5. The number of thioether (sulfide) groups is 1. The number of amides is 1. The Labute approximate surface area is 167 Å². The molecule has 28 heavy (non-hydrogen) atoms. The van der Waals surface area contributed by atoms with Crippen LogP contribution in [0.4, 0.5) is 10.1 Å². The molecule has 3 aromatic rings. The van der Waals surface area contributed by atoms with E-state index in [1.807, 2.05) is 24.3 Å². The Kier molecular flexibility index (Phi) is 6.46. The molecule has 3 rings (SSSR count). The highest BCUT2D eigenvalue weighted by molar-refractivity contribution is 8.00. The van der Waals surface area contributed by atoms with Crippen LogP contribution in [0.25, 0.3) is 11.5 Å². The molecule has 0 spiro atoms. The van der Waals surface area contributed by atoms with Gasteiger partial charge in [-0.05, 0) is 43.0 Å². The number of carbonyl (C=O) groups excluding carboxylic acids is 1. The first kappa shape index (κ1) is 20.1. The molecule has 7 heteroatoms. The smallest absolute Gasteiger partial charge is 0.277 e. The Hall–Kier alpha value is -2.67. The van der Waals surface area contributed by atoms with Gasteiger partial charge >= 0.3 is 0 Å². The number of rotatable bonds is 7. The van der Waals surface area contributed by atoms with Crippen molar-refractivity contribution < 1.29 is 13.6 Å². The fourth-order valence-corrected chi connectivity index (χ4v) is 3.38. The zero-order chi connectivity index (χ0) is 20.1. The molecule has 0 aliphatic rings. The molecule has 0 fully saturated rings. The number of halogens is 1. The lowest BCUT2D eigenvalue weighted by Crippen LogP contribution is -2.23. The normalized spacial score (nSPS) is 13.1. The van der Waals surface area contributed by atoms with Crippen molar-refractivity contribution in [3.63, 3.8) is 0 Å². The van der Waals surface area contributed by atoms with Gasteiger partial charge in [-0.2, -0.15) is 0 Å². The van der Waals surface area contributed by atoms with Gasteiger partial charge in [-0.25, -0.2) is 4.39 Å². The first-order valence-electron chi connectivity index (χ1n) is 9.14. The van der Waals surface area contributed by atoms with Crippen LogP contribution in [0, 0.1) is 5.82 Å². The van der Waals surface area contributed by atoms with Crippen LogP contribution in [-0.2, 0) is 4.79 Å². The number of hydrogen-bond acceptors (Lipinski definition) is 5. The largest absolute Gasteiger partial charge is 0.411 e. The Morgan fingerprint density at radius 3 is 2.61 bits per heavy atom. The molecule has 0 aliphatic carbocycles. The Morgan fingerprint density at radius 2 is 1.86 bits per heavy atom. The summed E-state index contributed by atoms with van der Waals surface area (Å²) in [5.74, 6) is -0.157. The molecule has 0 unspecified atom stereocenters. The van der Waals surface area contributed by atoms with E-state index in [0.29, 0.717) is 5.92 Å². The Morgan fingerprint density at radius 1 is 1.14 bits per heavy atom. The lowest BCUT2D eigenvalue weighted by atomic mass is 9.97. The molecule has 5 nitrogen and oxygen atoms in total. The van der Waals surface area contributed by atoms with Gasteiger partial charge < -0.3 is 9.73 Å². The van der Waals surface area contributed by atoms with Crippen LogP contribution in [0.15, 0.2) is 58.2 Å². The van der Waals surface area contributed by atoms with Crippen molar-refractivity contribution >= 4 is 23.4 Å². The summed E-state index contributed by atoms with van der Waals surface area (Å²) in [6, 6.07) is 14.0. The van der Waals surface area contributed by atoms with E-state index in [-0.39, 0.29) is 22.6 Å². The van der Waals surface area contributed by atoms with E-state index >= 15 is 0 Å². The number of anilines is 1. The van der Waals surface area contributed by atoms with Gasteiger partial charge in [0, 0.05) is 5.69 Å². The summed E-state index contributed by atoms with van der Waals surface area (Å²) in [6.07, 6.45) is 0.984. The number of nitrogens with zero attached hydrogens (tertiary/aromatic N) is 2. The minimum absolute atomic E-state index is 0.0929. The molecule has 0 aliphatic heterocycles. The van der Waals surface area contributed by atoms with Gasteiger partial charge in [-0.15, -0.1) is 10.2 Å². The molecule has 0 saturated carbocycles. The Bertz CT molecular complexity index is 960.